The third-order valence-electron chi connectivity index (χ3n) is 2.75. The van der Waals surface area contributed by atoms with Gasteiger partial charge in [-0.15, -0.1) is 0 Å². The standard InChI is InChI=1S/C10H12ClN.C10H10ClN.CH4/c2*1-8(12)2-3-9-4-6-10(11)7-5-9;/h2-8H,12H2,1H3;4-8H,12H2,1H3;1H4/b3-2-;;. The van der Waals surface area contributed by atoms with Gasteiger partial charge in [0.1, 0.15) is 0 Å². The lowest BCUT2D eigenvalue weighted by Crippen LogP contribution is -2.10. The first-order valence-corrected chi connectivity index (χ1v) is 8.34. The molecule has 0 aromatic heterocycles. The van der Waals surface area contributed by atoms with Gasteiger partial charge in [0.2, 0.25) is 0 Å². The van der Waals surface area contributed by atoms with Crippen LogP contribution in [0.25, 0.3) is 6.08 Å². The Bertz CT molecular complexity index is 691. The molecule has 2 unspecified atom stereocenters. The van der Waals surface area contributed by atoms with Gasteiger partial charge in [-0.1, -0.05) is 66.8 Å². The van der Waals surface area contributed by atoms with Crippen molar-refractivity contribution in [1.82, 2.24) is 0 Å². The summed E-state index contributed by atoms with van der Waals surface area (Å²) >= 11 is 11.4. The van der Waals surface area contributed by atoms with E-state index in [0.717, 1.165) is 21.2 Å². The molecule has 0 fully saturated rings. The van der Waals surface area contributed by atoms with Crippen molar-refractivity contribution in [3.63, 3.8) is 0 Å². The summed E-state index contributed by atoms with van der Waals surface area (Å²) in [7, 11) is 0. The van der Waals surface area contributed by atoms with Crippen LogP contribution in [0.5, 0.6) is 0 Å². The third kappa shape index (κ3) is 11.4. The zero-order valence-electron chi connectivity index (χ0n) is 13.8. The zero-order chi connectivity index (χ0) is 17.9. The van der Waals surface area contributed by atoms with Gasteiger partial charge in [-0.05, 0) is 55.8 Å². The molecule has 2 aromatic rings. The molecule has 25 heavy (non-hydrogen) atoms. The molecule has 0 saturated heterocycles. The Morgan fingerprint density at radius 3 is 1.80 bits per heavy atom. The SMILES string of the molecule is C.CC(N)/C=C\c1ccc(Cl)cc1.CC(N)C#Cc1ccc(Cl)cc1. The Morgan fingerprint density at radius 1 is 0.880 bits per heavy atom. The number of nitrogens with two attached hydrogens (primary N) is 2. The topological polar surface area (TPSA) is 52.0 Å². The molecule has 2 aromatic carbocycles. The van der Waals surface area contributed by atoms with E-state index >= 15 is 0 Å². The molecular formula is C21H26Cl2N2. The van der Waals surface area contributed by atoms with E-state index < -0.39 is 0 Å². The van der Waals surface area contributed by atoms with Crippen molar-refractivity contribution in [3.05, 3.63) is 75.8 Å². The monoisotopic (exact) mass is 376 g/mol. The second-order valence-corrected chi connectivity index (χ2v) is 6.21. The largest absolute Gasteiger partial charge is 0.325 e. The molecule has 0 aliphatic carbocycles. The van der Waals surface area contributed by atoms with Crippen LogP contribution in [0.15, 0.2) is 54.6 Å². The van der Waals surface area contributed by atoms with E-state index in [1.807, 2.05) is 74.5 Å². The first-order valence-electron chi connectivity index (χ1n) is 7.59. The van der Waals surface area contributed by atoms with Crippen LogP contribution in [-0.4, -0.2) is 12.1 Å². The van der Waals surface area contributed by atoms with E-state index in [2.05, 4.69) is 11.8 Å². The summed E-state index contributed by atoms with van der Waals surface area (Å²) in [6.07, 6.45) is 3.93. The Morgan fingerprint density at radius 2 is 1.36 bits per heavy atom. The van der Waals surface area contributed by atoms with Crippen LogP contribution < -0.4 is 11.5 Å². The molecule has 0 aliphatic rings. The molecule has 0 saturated carbocycles. The van der Waals surface area contributed by atoms with Gasteiger partial charge in [-0.2, -0.15) is 0 Å². The predicted molar refractivity (Wildman–Crippen MR) is 113 cm³/mol. The third-order valence-corrected chi connectivity index (χ3v) is 3.25. The average Bonchev–Trinajstić information content (AvgIpc) is 2.54. The van der Waals surface area contributed by atoms with Gasteiger partial charge in [0.15, 0.2) is 0 Å². The van der Waals surface area contributed by atoms with E-state index in [0.29, 0.717) is 0 Å². The van der Waals surface area contributed by atoms with Crippen LogP contribution in [0.2, 0.25) is 10.0 Å². The van der Waals surface area contributed by atoms with Crippen molar-refractivity contribution in [2.45, 2.75) is 33.4 Å². The van der Waals surface area contributed by atoms with Crippen molar-refractivity contribution >= 4 is 29.3 Å². The Hall–Kier alpha value is -1.76. The number of halogens is 2. The highest BCUT2D eigenvalue weighted by Crippen LogP contribution is 2.10. The van der Waals surface area contributed by atoms with Crippen LogP contribution in [0, 0.1) is 11.8 Å². The van der Waals surface area contributed by atoms with Gasteiger partial charge < -0.3 is 11.5 Å². The predicted octanol–water partition coefficient (Wildman–Crippen LogP) is 5.38. The first kappa shape index (κ1) is 23.2. The molecule has 4 N–H and O–H groups in total. The van der Waals surface area contributed by atoms with Gasteiger partial charge in [0.25, 0.3) is 0 Å². The van der Waals surface area contributed by atoms with Crippen LogP contribution in [0.3, 0.4) is 0 Å². The van der Waals surface area contributed by atoms with Crippen LogP contribution >= 0.6 is 23.2 Å². The van der Waals surface area contributed by atoms with Crippen molar-refractivity contribution in [3.8, 4) is 11.8 Å². The lowest BCUT2D eigenvalue weighted by atomic mass is 10.2. The van der Waals surface area contributed by atoms with E-state index in [4.69, 9.17) is 34.7 Å². The summed E-state index contributed by atoms with van der Waals surface area (Å²) in [5.74, 6) is 5.80. The maximum Gasteiger partial charge on any atom is 0.0639 e. The number of rotatable bonds is 2. The minimum Gasteiger partial charge on any atom is -0.325 e. The summed E-state index contributed by atoms with van der Waals surface area (Å²) in [5, 5.41) is 1.48. The fourth-order valence-corrected chi connectivity index (χ4v) is 1.82. The highest BCUT2D eigenvalue weighted by molar-refractivity contribution is 6.30. The lowest BCUT2D eigenvalue weighted by Gasteiger charge is -1.95. The van der Waals surface area contributed by atoms with Crippen LogP contribution in [0.4, 0.5) is 0 Å². The summed E-state index contributed by atoms with van der Waals surface area (Å²) in [6, 6.07) is 15.0. The second-order valence-electron chi connectivity index (χ2n) is 5.33. The van der Waals surface area contributed by atoms with E-state index in [9.17, 15) is 0 Å². The molecule has 4 heteroatoms. The number of hydrogen-bond acceptors (Lipinski definition) is 2. The molecule has 0 radical (unpaired) electrons. The summed E-state index contributed by atoms with van der Waals surface area (Å²) in [4.78, 5) is 0. The molecule has 0 bridgehead atoms. The summed E-state index contributed by atoms with van der Waals surface area (Å²) in [5.41, 5.74) is 13.1. The maximum atomic E-state index is 5.73. The molecular weight excluding hydrogens is 351 g/mol. The van der Waals surface area contributed by atoms with E-state index in [1.54, 1.807) is 0 Å². The maximum absolute atomic E-state index is 5.73. The second kappa shape index (κ2) is 12.6. The van der Waals surface area contributed by atoms with Gasteiger partial charge in [-0.25, -0.2) is 0 Å². The summed E-state index contributed by atoms with van der Waals surface area (Å²) in [6.45, 7) is 3.79. The average molecular weight is 377 g/mol. The Kier molecular flexibility index (Phi) is 11.7. The summed E-state index contributed by atoms with van der Waals surface area (Å²) < 4.78 is 0. The fourth-order valence-electron chi connectivity index (χ4n) is 1.57. The van der Waals surface area contributed by atoms with Gasteiger partial charge in [0.05, 0.1) is 6.04 Å². The van der Waals surface area contributed by atoms with E-state index in [-0.39, 0.29) is 19.5 Å². The molecule has 0 heterocycles. The molecule has 0 aliphatic heterocycles. The van der Waals surface area contributed by atoms with Crippen molar-refractivity contribution in [1.29, 1.82) is 0 Å². The number of hydrogen-bond donors (Lipinski definition) is 2. The van der Waals surface area contributed by atoms with Gasteiger partial charge >= 0.3 is 0 Å². The molecule has 2 nitrogen and oxygen atoms in total. The molecule has 2 atom stereocenters. The van der Waals surface area contributed by atoms with Gasteiger partial charge in [-0.3, -0.25) is 0 Å². The minimum absolute atomic E-state index is 0. The van der Waals surface area contributed by atoms with Gasteiger partial charge in [0, 0.05) is 21.7 Å². The molecule has 0 spiro atoms. The van der Waals surface area contributed by atoms with E-state index in [1.165, 1.54) is 0 Å². The fraction of sp³-hybridized carbons (Fsp3) is 0.238. The Balaban J connectivity index is 0.000000443. The zero-order valence-corrected chi connectivity index (χ0v) is 15.4. The normalized spacial score (nSPS) is 12.1. The molecule has 0 amide bonds. The highest BCUT2D eigenvalue weighted by Gasteiger charge is 1.89. The van der Waals surface area contributed by atoms with Crippen molar-refractivity contribution < 1.29 is 0 Å². The Labute approximate surface area is 161 Å². The van der Waals surface area contributed by atoms with Crippen molar-refractivity contribution in [2.24, 2.45) is 11.5 Å². The van der Waals surface area contributed by atoms with Crippen LogP contribution in [0.1, 0.15) is 32.4 Å². The van der Waals surface area contributed by atoms with Crippen molar-refractivity contribution in [2.75, 3.05) is 0 Å². The first-order chi connectivity index (χ1) is 11.4. The highest BCUT2D eigenvalue weighted by atomic mass is 35.5. The van der Waals surface area contributed by atoms with Crippen LogP contribution in [-0.2, 0) is 0 Å². The molecule has 134 valence electrons. The molecule has 2 rings (SSSR count). The quantitative estimate of drug-likeness (QED) is 0.691. The number of benzene rings is 2. The smallest absolute Gasteiger partial charge is 0.0639 e. The minimum atomic E-state index is -0.0827. The lowest BCUT2D eigenvalue weighted by molar-refractivity contribution is 0.931.